The number of aryl methyl sites for hydroxylation is 1. The highest BCUT2D eigenvalue weighted by Crippen LogP contribution is 2.12. The van der Waals surface area contributed by atoms with Crippen molar-refractivity contribution in [2.45, 2.75) is 19.8 Å². The van der Waals surface area contributed by atoms with E-state index in [1.807, 2.05) is 31.2 Å². The molecule has 0 aliphatic carbocycles. The van der Waals surface area contributed by atoms with Gasteiger partial charge in [0, 0.05) is 19.4 Å². The molecule has 5 heteroatoms. The number of benzene rings is 1. The first kappa shape index (κ1) is 17.6. The molecular formula is C16H26N2O3. The molecule has 0 bridgehead atoms. The number of carbonyl (C=O) groups is 1. The Balaban J connectivity index is 2.00. The number of hydrogen-bond donors (Lipinski definition) is 2. The highest BCUT2D eigenvalue weighted by Gasteiger charge is 2.03. The molecule has 0 fully saturated rings. The molecule has 118 valence electrons. The normalized spacial score (nSPS) is 10.6. The molecule has 0 saturated carbocycles. The molecule has 2 N–H and O–H groups in total. The predicted octanol–water partition coefficient (Wildman–Crippen LogP) is 1.97. The Morgan fingerprint density at radius 1 is 1.14 bits per heavy atom. The minimum Gasteiger partial charge on any atom is -0.382 e. The second-order valence-corrected chi connectivity index (χ2v) is 4.85. The van der Waals surface area contributed by atoms with Crippen LogP contribution in [0.5, 0.6) is 0 Å². The van der Waals surface area contributed by atoms with Crippen LogP contribution in [0.15, 0.2) is 24.3 Å². The van der Waals surface area contributed by atoms with Gasteiger partial charge in [-0.1, -0.05) is 18.2 Å². The van der Waals surface area contributed by atoms with Gasteiger partial charge in [0.2, 0.25) is 5.91 Å². The van der Waals surface area contributed by atoms with Crippen LogP contribution >= 0.6 is 0 Å². The van der Waals surface area contributed by atoms with Gasteiger partial charge in [0.25, 0.3) is 0 Å². The van der Waals surface area contributed by atoms with Gasteiger partial charge in [0.15, 0.2) is 0 Å². The van der Waals surface area contributed by atoms with Gasteiger partial charge in [-0.3, -0.25) is 4.79 Å². The minimum absolute atomic E-state index is 0.0133. The van der Waals surface area contributed by atoms with Gasteiger partial charge in [0.05, 0.1) is 19.8 Å². The monoisotopic (exact) mass is 294 g/mol. The summed E-state index contributed by atoms with van der Waals surface area (Å²) >= 11 is 0. The van der Waals surface area contributed by atoms with Crippen molar-refractivity contribution in [3.63, 3.8) is 0 Å². The van der Waals surface area contributed by atoms with E-state index in [-0.39, 0.29) is 5.91 Å². The Morgan fingerprint density at radius 2 is 1.95 bits per heavy atom. The number of hydrogen-bond acceptors (Lipinski definition) is 4. The Kier molecular flexibility index (Phi) is 9.44. The van der Waals surface area contributed by atoms with Crippen molar-refractivity contribution in [2.24, 2.45) is 0 Å². The van der Waals surface area contributed by atoms with E-state index in [0.29, 0.717) is 19.8 Å². The highest BCUT2D eigenvalue weighted by atomic mass is 16.5. The van der Waals surface area contributed by atoms with E-state index in [2.05, 4.69) is 10.6 Å². The molecule has 0 aromatic heterocycles. The summed E-state index contributed by atoms with van der Waals surface area (Å²) in [7, 11) is 1.66. The lowest BCUT2D eigenvalue weighted by Crippen LogP contribution is -2.29. The number of para-hydroxylation sites is 1. The average Bonchev–Trinajstić information content (AvgIpc) is 2.48. The second kappa shape index (κ2) is 11.3. The van der Waals surface area contributed by atoms with Gasteiger partial charge in [-0.05, 0) is 37.9 Å². The number of anilines is 1. The fraction of sp³-hybridized carbons (Fsp3) is 0.562. The fourth-order valence-electron chi connectivity index (χ4n) is 1.81. The highest BCUT2D eigenvalue weighted by molar-refractivity contribution is 5.92. The number of nitrogens with one attached hydrogen (secondary N) is 2. The van der Waals surface area contributed by atoms with E-state index in [9.17, 15) is 4.79 Å². The van der Waals surface area contributed by atoms with Gasteiger partial charge < -0.3 is 20.1 Å². The zero-order valence-electron chi connectivity index (χ0n) is 13.0. The Hall–Kier alpha value is -1.43. The standard InChI is InChI=1S/C16H26N2O3/c1-14-7-3-4-8-15(14)18-16(19)13-17-9-5-6-10-21-12-11-20-2/h3-4,7-8,17H,5-6,9-13H2,1-2H3,(H,18,19). The van der Waals surface area contributed by atoms with Gasteiger partial charge >= 0.3 is 0 Å². The van der Waals surface area contributed by atoms with Gasteiger partial charge in [0.1, 0.15) is 0 Å². The van der Waals surface area contributed by atoms with Crippen molar-refractivity contribution in [2.75, 3.05) is 45.3 Å². The maximum Gasteiger partial charge on any atom is 0.238 e. The summed E-state index contributed by atoms with van der Waals surface area (Å²) in [6.07, 6.45) is 1.97. The first-order valence-electron chi connectivity index (χ1n) is 7.37. The topological polar surface area (TPSA) is 59.6 Å². The van der Waals surface area contributed by atoms with Crippen molar-refractivity contribution in [1.82, 2.24) is 5.32 Å². The van der Waals surface area contributed by atoms with Crippen molar-refractivity contribution in [1.29, 1.82) is 0 Å². The first-order chi connectivity index (χ1) is 10.2. The number of ether oxygens (including phenoxy) is 2. The van der Waals surface area contributed by atoms with Crippen LogP contribution in [0, 0.1) is 6.92 Å². The van der Waals surface area contributed by atoms with E-state index in [4.69, 9.17) is 9.47 Å². The molecule has 0 atom stereocenters. The summed E-state index contributed by atoms with van der Waals surface area (Å²) in [5.74, 6) is -0.0133. The summed E-state index contributed by atoms with van der Waals surface area (Å²) in [6.45, 7) is 5.14. The molecule has 1 aromatic rings. The second-order valence-electron chi connectivity index (χ2n) is 4.85. The Bertz CT molecular complexity index is 410. The number of carbonyl (C=O) groups excluding carboxylic acids is 1. The van der Waals surface area contributed by atoms with E-state index in [0.717, 1.165) is 37.2 Å². The van der Waals surface area contributed by atoms with Crippen LogP contribution < -0.4 is 10.6 Å². The predicted molar refractivity (Wildman–Crippen MR) is 84.6 cm³/mol. The maximum atomic E-state index is 11.8. The molecule has 5 nitrogen and oxygen atoms in total. The zero-order valence-corrected chi connectivity index (χ0v) is 13.0. The molecule has 0 unspecified atom stereocenters. The quantitative estimate of drug-likeness (QED) is 0.613. The summed E-state index contributed by atoms with van der Waals surface area (Å²) in [5, 5.41) is 6.03. The lowest BCUT2D eigenvalue weighted by atomic mass is 10.2. The molecule has 0 spiro atoms. The van der Waals surface area contributed by atoms with Crippen molar-refractivity contribution in [3.8, 4) is 0 Å². The van der Waals surface area contributed by atoms with Crippen LogP contribution in [0.1, 0.15) is 18.4 Å². The third kappa shape index (κ3) is 8.45. The van der Waals surface area contributed by atoms with Crippen LogP contribution in [0.2, 0.25) is 0 Å². The molecule has 0 aliphatic rings. The van der Waals surface area contributed by atoms with E-state index >= 15 is 0 Å². The summed E-state index contributed by atoms with van der Waals surface area (Å²) in [5.41, 5.74) is 1.94. The molecule has 0 aliphatic heterocycles. The summed E-state index contributed by atoms with van der Waals surface area (Å²) < 4.78 is 10.3. The van der Waals surface area contributed by atoms with Crippen LogP contribution in [0.3, 0.4) is 0 Å². The molecule has 0 saturated heterocycles. The Labute approximate surface area is 127 Å². The minimum atomic E-state index is -0.0133. The Morgan fingerprint density at radius 3 is 2.71 bits per heavy atom. The average molecular weight is 294 g/mol. The van der Waals surface area contributed by atoms with E-state index < -0.39 is 0 Å². The number of methoxy groups -OCH3 is 1. The van der Waals surface area contributed by atoms with Gasteiger partial charge in [-0.25, -0.2) is 0 Å². The van der Waals surface area contributed by atoms with E-state index in [1.54, 1.807) is 7.11 Å². The van der Waals surface area contributed by atoms with Crippen LogP contribution in [-0.2, 0) is 14.3 Å². The summed E-state index contributed by atoms with van der Waals surface area (Å²) in [4.78, 5) is 11.8. The molecule has 21 heavy (non-hydrogen) atoms. The SMILES string of the molecule is COCCOCCCCNCC(=O)Nc1ccccc1C. The molecule has 0 heterocycles. The van der Waals surface area contributed by atoms with Gasteiger partial charge in [-0.2, -0.15) is 0 Å². The van der Waals surface area contributed by atoms with Gasteiger partial charge in [-0.15, -0.1) is 0 Å². The van der Waals surface area contributed by atoms with Crippen molar-refractivity contribution < 1.29 is 14.3 Å². The third-order valence-corrected chi connectivity index (χ3v) is 3.03. The largest absolute Gasteiger partial charge is 0.382 e. The first-order valence-corrected chi connectivity index (χ1v) is 7.37. The third-order valence-electron chi connectivity index (χ3n) is 3.03. The summed E-state index contributed by atoms with van der Waals surface area (Å²) in [6, 6.07) is 7.76. The fourth-order valence-corrected chi connectivity index (χ4v) is 1.81. The lowest BCUT2D eigenvalue weighted by Gasteiger charge is -2.09. The van der Waals surface area contributed by atoms with Crippen LogP contribution in [0.25, 0.3) is 0 Å². The maximum absolute atomic E-state index is 11.8. The molecule has 1 rings (SSSR count). The number of amides is 1. The lowest BCUT2D eigenvalue weighted by molar-refractivity contribution is -0.115. The molecule has 1 amide bonds. The van der Waals surface area contributed by atoms with Crippen molar-refractivity contribution in [3.05, 3.63) is 29.8 Å². The number of unbranched alkanes of at least 4 members (excludes halogenated alkanes) is 1. The van der Waals surface area contributed by atoms with Crippen molar-refractivity contribution >= 4 is 11.6 Å². The zero-order chi connectivity index (χ0) is 15.3. The van der Waals surface area contributed by atoms with Crippen LogP contribution in [0.4, 0.5) is 5.69 Å². The van der Waals surface area contributed by atoms with Crippen LogP contribution in [-0.4, -0.2) is 45.9 Å². The molecule has 0 radical (unpaired) electrons. The molecule has 1 aromatic carbocycles. The number of rotatable bonds is 11. The van der Waals surface area contributed by atoms with E-state index in [1.165, 1.54) is 0 Å². The smallest absolute Gasteiger partial charge is 0.238 e. The molecular weight excluding hydrogens is 268 g/mol.